The molecule has 2 heterocycles. The lowest BCUT2D eigenvalue weighted by molar-refractivity contribution is 0.262. The van der Waals surface area contributed by atoms with Crippen LogP contribution in [0.5, 0.6) is 0 Å². The minimum Gasteiger partial charge on any atom is -0.357 e. The summed E-state index contributed by atoms with van der Waals surface area (Å²) in [6, 6.07) is 12.2. The number of carbonyl (C=O) groups excluding carboxylic acids is 1. The Balaban J connectivity index is 1.53. The fourth-order valence-corrected chi connectivity index (χ4v) is 3.61. The Bertz CT molecular complexity index is 1040. The Morgan fingerprint density at radius 3 is 2.57 bits per heavy atom. The average molecular weight is 378 g/mol. The number of rotatable bonds is 3. The number of aryl methyl sites for hydroxylation is 2. The third-order valence-corrected chi connectivity index (χ3v) is 5.05. The van der Waals surface area contributed by atoms with Gasteiger partial charge in [-0.25, -0.2) is 14.2 Å². The molecule has 1 fully saturated rings. The van der Waals surface area contributed by atoms with Gasteiger partial charge in [-0.15, -0.1) is 0 Å². The summed E-state index contributed by atoms with van der Waals surface area (Å²) in [7, 11) is 0. The number of anilines is 3. The van der Waals surface area contributed by atoms with Crippen LogP contribution in [0.15, 0.2) is 42.5 Å². The SMILES string of the molecule is Cc1ccc(NC(=O)Nc2cc(F)c3nc(N4CCCC4)ccc3c2)c(C)c1. The van der Waals surface area contributed by atoms with Gasteiger partial charge in [-0.1, -0.05) is 17.7 Å². The highest BCUT2D eigenvalue weighted by Crippen LogP contribution is 2.26. The molecule has 0 saturated carbocycles. The van der Waals surface area contributed by atoms with Crippen molar-refractivity contribution in [1.29, 1.82) is 0 Å². The number of pyridine rings is 1. The predicted molar refractivity (Wildman–Crippen MR) is 112 cm³/mol. The monoisotopic (exact) mass is 378 g/mol. The van der Waals surface area contributed by atoms with E-state index in [1.54, 1.807) is 6.07 Å². The van der Waals surface area contributed by atoms with Gasteiger partial charge in [0.25, 0.3) is 0 Å². The first-order valence-corrected chi connectivity index (χ1v) is 9.50. The summed E-state index contributed by atoms with van der Waals surface area (Å²) in [6.07, 6.45) is 2.28. The Kier molecular flexibility index (Phi) is 4.86. The summed E-state index contributed by atoms with van der Waals surface area (Å²) in [5.74, 6) is 0.359. The number of carbonyl (C=O) groups is 1. The Hall–Kier alpha value is -3.15. The fraction of sp³-hybridized carbons (Fsp3) is 0.273. The second-order valence-corrected chi connectivity index (χ2v) is 7.29. The van der Waals surface area contributed by atoms with E-state index in [0.29, 0.717) is 16.6 Å². The van der Waals surface area contributed by atoms with Gasteiger partial charge in [-0.2, -0.15) is 0 Å². The number of nitrogens with one attached hydrogen (secondary N) is 2. The molecule has 1 saturated heterocycles. The summed E-state index contributed by atoms with van der Waals surface area (Å²) in [5, 5.41) is 6.17. The standard InChI is InChI=1S/C22H23FN4O/c1-14-5-7-19(15(2)11-14)25-22(28)24-17-12-16-6-8-20(27-9-3-4-10-27)26-21(16)18(23)13-17/h5-8,11-13H,3-4,9-10H2,1-2H3,(H2,24,25,28). The molecular formula is C22H23FN4O. The maximum Gasteiger partial charge on any atom is 0.323 e. The van der Waals surface area contributed by atoms with Crippen molar-refractivity contribution in [3.8, 4) is 0 Å². The lowest BCUT2D eigenvalue weighted by atomic mass is 10.1. The van der Waals surface area contributed by atoms with Crippen molar-refractivity contribution < 1.29 is 9.18 Å². The van der Waals surface area contributed by atoms with E-state index in [9.17, 15) is 9.18 Å². The Morgan fingerprint density at radius 1 is 1.04 bits per heavy atom. The third kappa shape index (κ3) is 3.76. The summed E-state index contributed by atoms with van der Waals surface area (Å²) in [6.45, 7) is 5.84. The van der Waals surface area contributed by atoms with Crippen LogP contribution in [0, 0.1) is 19.7 Å². The number of nitrogens with zero attached hydrogens (tertiary/aromatic N) is 2. The molecule has 1 aromatic heterocycles. The first-order valence-electron chi connectivity index (χ1n) is 9.50. The van der Waals surface area contributed by atoms with Gasteiger partial charge < -0.3 is 15.5 Å². The molecule has 1 aliphatic rings. The van der Waals surface area contributed by atoms with Crippen molar-refractivity contribution in [2.45, 2.75) is 26.7 Å². The molecule has 2 amide bonds. The number of urea groups is 1. The van der Waals surface area contributed by atoms with Crippen LogP contribution in [-0.4, -0.2) is 24.1 Å². The van der Waals surface area contributed by atoms with Crippen LogP contribution in [0.1, 0.15) is 24.0 Å². The minimum absolute atomic E-state index is 0.324. The first-order chi connectivity index (χ1) is 13.5. The quantitative estimate of drug-likeness (QED) is 0.656. The number of hydrogen-bond acceptors (Lipinski definition) is 3. The van der Waals surface area contributed by atoms with Gasteiger partial charge in [0.05, 0.1) is 0 Å². The predicted octanol–water partition coefficient (Wildman–Crippen LogP) is 5.23. The normalized spacial score (nSPS) is 13.8. The number of hydrogen-bond donors (Lipinski definition) is 2. The second-order valence-electron chi connectivity index (χ2n) is 7.29. The number of fused-ring (bicyclic) bond motifs is 1. The van der Waals surface area contributed by atoms with E-state index in [1.165, 1.54) is 6.07 Å². The van der Waals surface area contributed by atoms with Crippen LogP contribution in [-0.2, 0) is 0 Å². The third-order valence-electron chi connectivity index (χ3n) is 5.05. The van der Waals surface area contributed by atoms with E-state index in [1.807, 2.05) is 44.2 Å². The van der Waals surface area contributed by atoms with Crippen LogP contribution in [0.4, 0.5) is 26.4 Å². The number of aromatic nitrogens is 1. The van der Waals surface area contributed by atoms with E-state index in [-0.39, 0.29) is 0 Å². The molecule has 2 N–H and O–H groups in total. The molecule has 0 aliphatic carbocycles. The van der Waals surface area contributed by atoms with Crippen molar-refractivity contribution >= 4 is 34.1 Å². The van der Waals surface area contributed by atoms with Gasteiger partial charge in [0, 0.05) is 29.9 Å². The molecule has 0 atom stereocenters. The molecule has 1 aliphatic heterocycles. The smallest absolute Gasteiger partial charge is 0.323 e. The largest absolute Gasteiger partial charge is 0.357 e. The molecule has 144 valence electrons. The lowest BCUT2D eigenvalue weighted by Gasteiger charge is -2.17. The van der Waals surface area contributed by atoms with Gasteiger partial charge >= 0.3 is 6.03 Å². The van der Waals surface area contributed by atoms with Gasteiger partial charge in [-0.3, -0.25) is 0 Å². The van der Waals surface area contributed by atoms with E-state index in [4.69, 9.17) is 0 Å². The molecule has 5 nitrogen and oxygen atoms in total. The average Bonchev–Trinajstić information content (AvgIpc) is 3.18. The fourth-order valence-electron chi connectivity index (χ4n) is 3.61. The zero-order valence-corrected chi connectivity index (χ0v) is 16.1. The minimum atomic E-state index is -0.444. The summed E-state index contributed by atoms with van der Waals surface area (Å²) in [5.41, 5.74) is 3.54. The highest BCUT2D eigenvalue weighted by Gasteiger charge is 2.15. The van der Waals surface area contributed by atoms with Crippen LogP contribution in [0.3, 0.4) is 0 Å². The van der Waals surface area contributed by atoms with Gasteiger partial charge in [0.1, 0.15) is 11.3 Å². The summed E-state index contributed by atoms with van der Waals surface area (Å²) in [4.78, 5) is 19.0. The zero-order chi connectivity index (χ0) is 19.7. The highest BCUT2D eigenvalue weighted by atomic mass is 19.1. The van der Waals surface area contributed by atoms with E-state index < -0.39 is 11.8 Å². The molecule has 0 spiro atoms. The summed E-state index contributed by atoms with van der Waals surface area (Å²) < 4.78 is 14.6. The number of amides is 2. The maximum atomic E-state index is 14.6. The van der Waals surface area contributed by atoms with Gasteiger partial charge in [-0.05, 0) is 62.6 Å². The molecule has 2 aromatic carbocycles. The number of halogens is 1. The molecule has 28 heavy (non-hydrogen) atoms. The Labute approximate surface area is 163 Å². The molecular weight excluding hydrogens is 355 g/mol. The van der Waals surface area contributed by atoms with Crippen LogP contribution < -0.4 is 15.5 Å². The van der Waals surface area contributed by atoms with Crippen LogP contribution in [0.25, 0.3) is 10.9 Å². The van der Waals surface area contributed by atoms with E-state index >= 15 is 0 Å². The first kappa shape index (κ1) is 18.2. The van der Waals surface area contributed by atoms with Crippen LogP contribution >= 0.6 is 0 Å². The van der Waals surface area contributed by atoms with Crippen molar-refractivity contribution in [1.82, 2.24) is 4.98 Å². The molecule has 3 aromatic rings. The van der Waals surface area contributed by atoms with E-state index in [2.05, 4.69) is 20.5 Å². The molecule has 6 heteroatoms. The van der Waals surface area contributed by atoms with Crippen molar-refractivity contribution in [3.05, 3.63) is 59.4 Å². The Morgan fingerprint density at radius 2 is 1.82 bits per heavy atom. The van der Waals surface area contributed by atoms with Gasteiger partial charge in [0.2, 0.25) is 0 Å². The molecule has 0 bridgehead atoms. The van der Waals surface area contributed by atoms with Crippen LogP contribution in [0.2, 0.25) is 0 Å². The lowest BCUT2D eigenvalue weighted by Crippen LogP contribution is -2.20. The number of benzene rings is 2. The molecule has 0 radical (unpaired) electrons. The molecule has 4 rings (SSSR count). The highest BCUT2D eigenvalue weighted by molar-refractivity contribution is 6.01. The maximum absolute atomic E-state index is 14.6. The van der Waals surface area contributed by atoms with Crippen molar-refractivity contribution in [2.75, 3.05) is 28.6 Å². The van der Waals surface area contributed by atoms with Gasteiger partial charge in [0.15, 0.2) is 5.82 Å². The topological polar surface area (TPSA) is 57.3 Å². The van der Waals surface area contributed by atoms with Crippen molar-refractivity contribution in [3.63, 3.8) is 0 Å². The van der Waals surface area contributed by atoms with E-state index in [0.717, 1.165) is 48.6 Å². The summed E-state index contributed by atoms with van der Waals surface area (Å²) >= 11 is 0. The van der Waals surface area contributed by atoms with Crippen molar-refractivity contribution in [2.24, 2.45) is 0 Å². The second kappa shape index (κ2) is 7.46. The zero-order valence-electron chi connectivity index (χ0n) is 16.1. The molecule has 0 unspecified atom stereocenters.